The predicted molar refractivity (Wildman–Crippen MR) is 91.7 cm³/mol. The summed E-state index contributed by atoms with van der Waals surface area (Å²) in [6.45, 7) is 4.21. The van der Waals surface area contributed by atoms with E-state index in [1.807, 2.05) is 36.4 Å². The topological polar surface area (TPSA) is 21.3 Å². The van der Waals surface area contributed by atoms with Crippen LogP contribution in [0.15, 0.2) is 42.5 Å². The van der Waals surface area contributed by atoms with Crippen molar-refractivity contribution in [1.29, 1.82) is 0 Å². The van der Waals surface area contributed by atoms with Gasteiger partial charge in [-0.25, -0.2) is 0 Å². The molecule has 20 heavy (non-hydrogen) atoms. The van der Waals surface area contributed by atoms with Crippen molar-refractivity contribution < 1.29 is 4.74 Å². The number of hydrogen-bond acceptors (Lipinski definition) is 2. The Labute approximate surface area is 137 Å². The normalized spacial score (nSPS) is 19.3. The van der Waals surface area contributed by atoms with Gasteiger partial charge in [-0.3, -0.25) is 0 Å². The molecule has 0 aliphatic carbocycles. The molecular formula is C16H15ClINO. The molecule has 1 unspecified atom stereocenters. The number of ether oxygens (including phenoxy) is 1. The zero-order valence-corrected chi connectivity index (χ0v) is 14.2. The van der Waals surface area contributed by atoms with Crippen LogP contribution in [0.1, 0.15) is 25.5 Å². The number of nitrogens with one attached hydrogen (secondary N) is 1. The third-order valence-corrected chi connectivity index (χ3v) is 4.66. The van der Waals surface area contributed by atoms with Crippen LogP contribution in [0.5, 0.6) is 5.75 Å². The number of anilines is 1. The summed E-state index contributed by atoms with van der Waals surface area (Å²) < 4.78 is 7.16. The molecule has 1 heterocycles. The smallest absolute Gasteiger partial charge is 0.128 e. The van der Waals surface area contributed by atoms with Crippen LogP contribution < -0.4 is 10.1 Å². The molecular weight excluding hydrogens is 385 g/mol. The summed E-state index contributed by atoms with van der Waals surface area (Å²) >= 11 is 8.31. The van der Waals surface area contributed by atoms with Gasteiger partial charge in [0.2, 0.25) is 0 Å². The molecule has 1 atom stereocenters. The van der Waals surface area contributed by atoms with Crippen LogP contribution in [0.3, 0.4) is 0 Å². The molecule has 1 aliphatic rings. The molecule has 3 rings (SSSR count). The molecule has 0 saturated carbocycles. The van der Waals surface area contributed by atoms with Gasteiger partial charge in [-0.2, -0.15) is 0 Å². The van der Waals surface area contributed by atoms with Gasteiger partial charge in [0.15, 0.2) is 0 Å². The van der Waals surface area contributed by atoms with Gasteiger partial charge >= 0.3 is 0 Å². The molecule has 2 aromatic rings. The van der Waals surface area contributed by atoms with Crippen LogP contribution in [0.2, 0.25) is 5.02 Å². The first-order chi connectivity index (χ1) is 9.47. The van der Waals surface area contributed by atoms with Crippen LogP contribution in [0, 0.1) is 3.57 Å². The molecule has 1 N–H and O–H groups in total. The van der Waals surface area contributed by atoms with Crippen molar-refractivity contribution in [2.45, 2.75) is 25.5 Å². The summed E-state index contributed by atoms with van der Waals surface area (Å²) in [6.07, 6.45) is 0. The standard InChI is InChI=1S/C16H15ClINO/c1-16(2)15(11-5-3-4-6-14(11)20-16)19-13-8-7-10(17)9-12(13)18/h3-9,15,19H,1-2H3. The molecule has 104 valence electrons. The molecule has 0 radical (unpaired) electrons. The average Bonchev–Trinajstić information content (AvgIpc) is 2.63. The van der Waals surface area contributed by atoms with Crippen LogP contribution in [-0.2, 0) is 0 Å². The van der Waals surface area contributed by atoms with Gasteiger partial charge in [-0.05, 0) is 60.7 Å². The number of halogens is 2. The molecule has 2 nitrogen and oxygen atoms in total. The zero-order chi connectivity index (χ0) is 14.3. The van der Waals surface area contributed by atoms with Gasteiger partial charge in [-0.15, -0.1) is 0 Å². The third-order valence-electron chi connectivity index (χ3n) is 3.53. The monoisotopic (exact) mass is 399 g/mol. The molecule has 0 bridgehead atoms. The van der Waals surface area contributed by atoms with E-state index in [4.69, 9.17) is 16.3 Å². The first-order valence-corrected chi connectivity index (χ1v) is 7.92. The van der Waals surface area contributed by atoms with Crippen LogP contribution in [0.25, 0.3) is 0 Å². The van der Waals surface area contributed by atoms with Gasteiger partial charge in [0.1, 0.15) is 11.4 Å². The second kappa shape index (κ2) is 5.11. The highest BCUT2D eigenvalue weighted by molar-refractivity contribution is 14.1. The Morgan fingerprint density at radius 3 is 2.70 bits per heavy atom. The lowest BCUT2D eigenvalue weighted by Gasteiger charge is -2.28. The van der Waals surface area contributed by atoms with Crippen molar-refractivity contribution in [2.75, 3.05) is 5.32 Å². The Hall–Kier alpha value is -0.940. The Balaban J connectivity index is 1.97. The van der Waals surface area contributed by atoms with Crippen LogP contribution >= 0.6 is 34.2 Å². The number of para-hydroxylation sites is 1. The van der Waals surface area contributed by atoms with E-state index in [1.54, 1.807) is 0 Å². The Morgan fingerprint density at radius 2 is 1.95 bits per heavy atom. The SMILES string of the molecule is CC1(C)Oc2ccccc2C1Nc1ccc(Cl)cc1I. The molecule has 4 heteroatoms. The Kier molecular flexibility index (Phi) is 3.58. The lowest BCUT2D eigenvalue weighted by molar-refractivity contribution is 0.118. The quantitative estimate of drug-likeness (QED) is 0.695. The second-order valence-corrected chi connectivity index (χ2v) is 7.04. The molecule has 1 aliphatic heterocycles. The van der Waals surface area contributed by atoms with Gasteiger partial charge in [-0.1, -0.05) is 29.8 Å². The van der Waals surface area contributed by atoms with Gasteiger partial charge in [0.25, 0.3) is 0 Å². The zero-order valence-electron chi connectivity index (χ0n) is 11.3. The number of hydrogen-bond donors (Lipinski definition) is 1. The fraction of sp³-hybridized carbons (Fsp3) is 0.250. The predicted octanol–water partition coefficient (Wildman–Crippen LogP) is 5.27. The van der Waals surface area contributed by atoms with E-state index in [2.05, 4.69) is 47.8 Å². The minimum absolute atomic E-state index is 0.119. The number of benzene rings is 2. The minimum atomic E-state index is -0.285. The van der Waals surface area contributed by atoms with E-state index >= 15 is 0 Å². The number of rotatable bonds is 2. The van der Waals surface area contributed by atoms with Crippen LogP contribution in [-0.4, -0.2) is 5.60 Å². The van der Waals surface area contributed by atoms with Crippen molar-refractivity contribution in [3.63, 3.8) is 0 Å². The Bertz CT molecular complexity index is 657. The van der Waals surface area contributed by atoms with E-state index < -0.39 is 0 Å². The highest BCUT2D eigenvalue weighted by atomic mass is 127. The van der Waals surface area contributed by atoms with E-state index in [0.29, 0.717) is 0 Å². The van der Waals surface area contributed by atoms with E-state index in [9.17, 15) is 0 Å². The maximum atomic E-state index is 6.05. The molecule has 0 spiro atoms. The molecule has 2 aromatic carbocycles. The number of fused-ring (bicyclic) bond motifs is 1. The molecule has 0 amide bonds. The minimum Gasteiger partial charge on any atom is -0.485 e. The lowest BCUT2D eigenvalue weighted by atomic mass is 9.94. The van der Waals surface area contributed by atoms with E-state index in [-0.39, 0.29) is 11.6 Å². The maximum Gasteiger partial charge on any atom is 0.128 e. The average molecular weight is 400 g/mol. The van der Waals surface area contributed by atoms with Crippen molar-refractivity contribution in [2.24, 2.45) is 0 Å². The fourth-order valence-corrected chi connectivity index (χ4v) is 3.57. The van der Waals surface area contributed by atoms with Crippen LogP contribution in [0.4, 0.5) is 5.69 Å². The van der Waals surface area contributed by atoms with Crippen molar-refractivity contribution in [3.8, 4) is 5.75 Å². The molecule has 0 aromatic heterocycles. The van der Waals surface area contributed by atoms with E-state index in [1.165, 1.54) is 5.56 Å². The van der Waals surface area contributed by atoms with E-state index in [0.717, 1.165) is 20.0 Å². The fourth-order valence-electron chi connectivity index (χ4n) is 2.54. The van der Waals surface area contributed by atoms with Crippen molar-refractivity contribution in [3.05, 3.63) is 56.6 Å². The Morgan fingerprint density at radius 1 is 1.20 bits per heavy atom. The molecule has 0 fully saturated rings. The van der Waals surface area contributed by atoms with Crippen molar-refractivity contribution in [1.82, 2.24) is 0 Å². The van der Waals surface area contributed by atoms with Crippen molar-refractivity contribution >= 4 is 39.9 Å². The maximum absolute atomic E-state index is 6.05. The van der Waals surface area contributed by atoms with Gasteiger partial charge < -0.3 is 10.1 Å². The first kappa shape index (κ1) is 14.0. The summed E-state index contributed by atoms with van der Waals surface area (Å²) in [7, 11) is 0. The lowest BCUT2D eigenvalue weighted by Crippen LogP contribution is -2.34. The highest BCUT2D eigenvalue weighted by Crippen LogP contribution is 2.45. The first-order valence-electron chi connectivity index (χ1n) is 6.47. The summed E-state index contributed by atoms with van der Waals surface area (Å²) in [5.41, 5.74) is 1.99. The summed E-state index contributed by atoms with van der Waals surface area (Å²) in [6, 6.07) is 14.2. The largest absolute Gasteiger partial charge is 0.485 e. The summed E-state index contributed by atoms with van der Waals surface area (Å²) in [5, 5.41) is 4.34. The van der Waals surface area contributed by atoms with Gasteiger partial charge in [0, 0.05) is 19.8 Å². The van der Waals surface area contributed by atoms with Gasteiger partial charge in [0.05, 0.1) is 6.04 Å². The summed E-state index contributed by atoms with van der Waals surface area (Å²) in [4.78, 5) is 0. The highest BCUT2D eigenvalue weighted by Gasteiger charge is 2.41. The third kappa shape index (κ3) is 2.49. The summed E-state index contributed by atoms with van der Waals surface area (Å²) in [5.74, 6) is 0.957. The second-order valence-electron chi connectivity index (χ2n) is 5.44. The molecule has 0 saturated heterocycles.